The second kappa shape index (κ2) is 12.2. The molecule has 0 saturated heterocycles. The zero-order chi connectivity index (χ0) is 33.0. The van der Waals surface area contributed by atoms with E-state index in [0.717, 1.165) is 13.1 Å². The first kappa shape index (κ1) is 30.9. The molecular weight excluding hydrogens is 573 g/mol. The topological polar surface area (TPSA) is 17.6 Å². The molecule has 2 aliphatic heterocycles. The third kappa shape index (κ3) is 5.24. The first-order valence-corrected chi connectivity index (χ1v) is 17.3. The van der Waals surface area contributed by atoms with Crippen LogP contribution in [0.1, 0.15) is 98.5 Å². The average Bonchev–Trinajstić information content (AvgIpc) is 3.77. The monoisotopic (exact) mass is 620 g/mol. The predicted octanol–water partition coefficient (Wildman–Crippen LogP) is 9.57. The fraction of sp³-hybridized carbons (Fsp3) is 0.302. The molecule has 6 aromatic rings. The Bertz CT molecular complexity index is 2080. The van der Waals surface area contributed by atoms with Gasteiger partial charge < -0.3 is 9.13 Å². The van der Waals surface area contributed by atoms with E-state index in [9.17, 15) is 0 Å². The summed E-state index contributed by atoms with van der Waals surface area (Å²) in [6.07, 6.45) is 4.36. The first-order chi connectivity index (χ1) is 22.7. The van der Waals surface area contributed by atoms with E-state index >= 15 is 0 Å². The normalized spacial score (nSPS) is 12.7. The lowest BCUT2D eigenvalue weighted by Crippen LogP contribution is -2.31. The van der Waals surface area contributed by atoms with Crippen LogP contribution in [0.25, 0.3) is 34.2 Å². The number of nitrogens with zero attached hydrogens (tertiary/aromatic N) is 4. The molecule has 0 bridgehead atoms. The van der Waals surface area contributed by atoms with Crippen LogP contribution in [0.3, 0.4) is 0 Å². The smallest absolute Gasteiger partial charge is 0.230 e. The van der Waals surface area contributed by atoms with E-state index in [-0.39, 0.29) is 0 Å². The maximum absolute atomic E-state index is 2.51. The quantitative estimate of drug-likeness (QED) is 0.171. The van der Waals surface area contributed by atoms with Crippen molar-refractivity contribution in [2.24, 2.45) is 0 Å². The largest absolute Gasteiger partial charge is 0.308 e. The molecule has 4 nitrogen and oxygen atoms in total. The van der Waals surface area contributed by atoms with Crippen LogP contribution in [0.2, 0.25) is 0 Å². The second-order valence-corrected chi connectivity index (χ2v) is 14.2. The van der Waals surface area contributed by atoms with Crippen molar-refractivity contribution >= 4 is 0 Å². The van der Waals surface area contributed by atoms with Gasteiger partial charge in [0, 0.05) is 52.5 Å². The summed E-state index contributed by atoms with van der Waals surface area (Å²) in [6.45, 7) is 20.1. The highest BCUT2D eigenvalue weighted by Crippen LogP contribution is 2.39. The lowest BCUT2D eigenvalue weighted by atomic mass is 9.92. The first-order valence-electron chi connectivity index (χ1n) is 17.3. The Hall–Kier alpha value is -4.70. The van der Waals surface area contributed by atoms with Crippen LogP contribution in [-0.4, -0.2) is 9.13 Å². The van der Waals surface area contributed by atoms with E-state index in [2.05, 4.69) is 177 Å². The summed E-state index contributed by atoms with van der Waals surface area (Å²) < 4.78 is 9.63. The molecule has 2 aliphatic rings. The van der Waals surface area contributed by atoms with Gasteiger partial charge in [0.15, 0.2) is 25.5 Å². The van der Waals surface area contributed by atoms with Gasteiger partial charge in [-0.1, -0.05) is 77.9 Å². The van der Waals surface area contributed by atoms with Crippen molar-refractivity contribution in [1.82, 2.24) is 9.13 Å². The van der Waals surface area contributed by atoms with Gasteiger partial charge in [0.2, 0.25) is 11.4 Å². The van der Waals surface area contributed by atoms with Crippen LogP contribution in [0, 0.1) is 13.8 Å². The van der Waals surface area contributed by atoms with E-state index in [1.54, 1.807) is 0 Å². The SMILES string of the molecule is Cc1cc2c(n1-c1c(C(C)C)cccc1C(C)C)-c1cccc[n+]1C2.Cc1cc2c(n1-c1ccccc1C(C)C)-c1cccc[n+]1C2. The van der Waals surface area contributed by atoms with Crippen molar-refractivity contribution in [2.45, 2.75) is 86.2 Å². The molecule has 47 heavy (non-hydrogen) atoms. The fourth-order valence-electron chi connectivity index (χ4n) is 7.78. The molecule has 0 fully saturated rings. The number of hydrogen-bond donors (Lipinski definition) is 0. The van der Waals surface area contributed by atoms with Gasteiger partial charge in [0.05, 0.1) is 5.69 Å². The number of pyridine rings is 2. The highest BCUT2D eigenvalue weighted by Gasteiger charge is 2.33. The van der Waals surface area contributed by atoms with Gasteiger partial charge in [-0.3, -0.25) is 0 Å². The summed E-state index contributed by atoms with van der Waals surface area (Å²) in [6, 6.07) is 33.2. The number of benzene rings is 2. The summed E-state index contributed by atoms with van der Waals surface area (Å²) in [5.74, 6) is 1.50. The second-order valence-electron chi connectivity index (χ2n) is 14.2. The van der Waals surface area contributed by atoms with Gasteiger partial charge >= 0.3 is 0 Å². The highest BCUT2D eigenvalue weighted by atomic mass is 15.1. The van der Waals surface area contributed by atoms with Crippen LogP contribution in [0.15, 0.2) is 103 Å². The predicted molar refractivity (Wildman–Crippen MR) is 193 cm³/mol. The van der Waals surface area contributed by atoms with Crippen LogP contribution >= 0.6 is 0 Å². The lowest BCUT2D eigenvalue weighted by molar-refractivity contribution is -0.672. The molecule has 238 valence electrons. The summed E-state index contributed by atoms with van der Waals surface area (Å²) in [7, 11) is 0. The Kier molecular flexibility index (Phi) is 8.00. The molecule has 0 aliphatic carbocycles. The minimum atomic E-state index is 0.496. The highest BCUT2D eigenvalue weighted by molar-refractivity contribution is 5.68. The standard InChI is InChI=1S/C23H27N2.C20H21N2/c1-15(2)19-9-8-10-20(16(3)4)23(19)25-17(5)13-18-14-24-12-7-6-11-21(24)22(18)25;1-14(2)17-8-4-5-9-18(17)22-15(3)12-16-13-21-11-7-6-10-19(21)20(16)22/h6-13,15-16H,14H2,1-5H3;4-12,14H,13H2,1-3H3/q2*+1. The summed E-state index contributed by atoms with van der Waals surface area (Å²) in [5.41, 5.74) is 17.8. The molecule has 0 saturated carbocycles. The molecule has 0 radical (unpaired) electrons. The van der Waals surface area contributed by atoms with Gasteiger partial charge in [-0.05, 0) is 78.6 Å². The van der Waals surface area contributed by atoms with Gasteiger partial charge in [-0.2, -0.15) is 9.13 Å². The van der Waals surface area contributed by atoms with Crippen LogP contribution in [0.4, 0.5) is 0 Å². The summed E-state index contributed by atoms with van der Waals surface area (Å²) >= 11 is 0. The number of aromatic nitrogens is 4. The molecule has 0 spiro atoms. The molecule has 0 atom stereocenters. The maximum Gasteiger partial charge on any atom is 0.230 e. The fourth-order valence-corrected chi connectivity index (χ4v) is 7.78. The third-order valence-corrected chi connectivity index (χ3v) is 9.94. The molecular formula is C43H48N4+2. The van der Waals surface area contributed by atoms with Crippen molar-refractivity contribution < 1.29 is 9.13 Å². The Labute approximate surface area is 280 Å². The van der Waals surface area contributed by atoms with E-state index in [1.807, 2.05) is 0 Å². The maximum atomic E-state index is 2.51. The van der Waals surface area contributed by atoms with Crippen LogP contribution < -0.4 is 9.13 Å². The lowest BCUT2D eigenvalue weighted by Gasteiger charge is -2.22. The number of hydrogen-bond acceptors (Lipinski definition) is 0. The van der Waals surface area contributed by atoms with E-state index < -0.39 is 0 Å². The molecule has 8 rings (SSSR count). The minimum Gasteiger partial charge on any atom is -0.308 e. The van der Waals surface area contributed by atoms with Gasteiger partial charge in [0.25, 0.3) is 0 Å². The average molecular weight is 621 g/mol. The minimum absolute atomic E-state index is 0.496. The number of fused-ring (bicyclic) bond motifs is 6. The van der Waals surface area contributed by atoms with Crippen molar-refractivity contribution in [3.8, 4) is 34.2 Å². The van der Waals surface area contributed by atoms with Crippen LogP contribution in [-0.2, 0) is 13.1 Å². The zero-order valence-electron chi connectivity index (χ0n) is 29.3. The molecule has 0 unspecified atom stereocenters. The number of aryl methyl sites for hydroxylation is 2. The van der Waals surface area contributed by atoms with E-state index in [0.29, 0.717) is 17.8 Å². The van der Waals surface area contributed by atoms with Crippen LogP contribution in [0.5, 0.6) is 0 Å². The Morgan fingerprint density at radius 1 is 0.511 bits per heavy atom. The molecule has 2 aromatic carbocycles. The van der Waals surface area contributed by atoms with Gasteiger partial charge in [-0.15, -0.1) is 0 Å². The molecule has 0 amide bonds. The molecule has 0 N–H and O–H groups in total. The van der Waals surface area contributed by atoms with Crippen molar-refractivity contribution in [1.29, 1.82) is 0 Å². The van der Waals surface area contributed by atoms with Gasteiger partial charge in [-0.25, -0.2) is 0 Å². The zero-order valence-corrected chi connectivity index (χ0v) is 29.3. The Balaban J connectivity index is 0.000000151. The van der Waals surface area contributed by atoms with E-state index in [1.165, 1.54) is 73.4 Å². The molecule has 6 heterocycles. The Morgan fingerprint density at radius 2 is 0.957 bits per heavy atom. The third-order valence-electron chi connectivity index (χ3n) is 9.94. The number of para-hydroxylation sites is 2. The van der Waals surface area contributed by atoms with E-state index in [4.69, 9.17) is 0 Å². The molecule has 4 heteroatoms. The van der Waals surface area contributed by atoms with Crippen molar-refractivity contribution in [3.63, 3.8) is 0 Å². The molecule has 4 aromatic heterocycles. The van der Waals surface area contributed by atoms with Crippen molar-refractivity contribution in [3.05, 3.63) is 143 Å². The summed E-state index contributed by atoms with van der Waals surface area (Å²) in [4.78, 5) is 0. The number of rotatable bonds is 5. The van der Waals surface area contributed by atoms with Crippen molar-refractivity contribution in [2.75, 3.05) is 0 Å². The Morgan fingerprint density at radius 3 is 1.49 bits per heavy atom. The van der Waals surface area contributed by atoms with Gasteiger partial charge in [0.1, 0.15) is 11.4 Å². The summed E-state index contributed by atoms with van der Waals surface area (Å²) in [5, 5.41) is 0.